The topological polar surface area (TPSA) is 73.6 Å². The Morgan fingerprint density at radius 2 is 1.90 bits per heavy atom. The van der Waals surface area contributed by atoms with E-state index in [1.807, 2.05) is 36.4 Å². The Kier molecular flexibility index (Phi) is 5.74. The number of benzene rings is 2. The first kappa shape index (κ1) is 20.4. The van der Waals surface area contributed by atoms with Crippen LogP contribution in [0, 0.1) is 17.1 Å². The van der Waals surface area contributed by atoms with Gasteiger partial charge in [0.25, 0.3) is 0 Å². The van der Waals surface area contributed by atoms with Gasteiger partial charge in [0, 0.05) is 30.5 Å². The molecule has 2 aliphatic rings. The third-order valence-electron chi connectivity index (χ3n) is 6.28. The van der Waals surface area contributed by atoms with E-state index < -0.39 is 11.4 Å². The Hall–Kier alpha value is -2.91. The van der Waals surface area contributed by atoms with Gasteiger partial charge in [0.05, 0.1) is 18.1 Å². The lowest BCUT2D eigenvalue weighted by Gasteiger charge is -2.51. The van der Waals surface area contributed by atoms with Gasteiger partial charge in [-0.1, -0.05) is 42.5 Å². The van der Waals surface area contributed by atoms with Crippen LogP contribution in [0.3, 0.4) is 0 Å². The van der Waals surface area contributed by atoms with Crippen LogP contribution in [0.4, 0.5) is 9.18 Å². The molecule has 1 N–H and O–H groups in total. The van der Waals surface area contributed by atoms with E-state index >= 15 is 0 Å². The van der Waals surface area contributed by atoms with E-state index in [9.17, 15) is 14.3 Å². The Labute approximate surface area is 175 Å². The van der Waals surface area contributed by atoms with E-state index in [1.54, 1.807) is 17.0 Å². The van der Waals surface area contributed by atoms with E-state index in [1.165, 1.54) is 6.07 Å². The first-order valence-corrected chi connectivity index (χ1v) is 10.4. The van der Waals surface area contributed by atoms with Gasteiger partial charge in [0.15, 0.2) is 0 Å². The van der Waals surface area contributed by atoms with Crippen molar-refractivity contribution in [2.45, 2.75) is 62.8 Å². The molecule has 0 aromatic heterocycles. The summed E-state index contributed by atoms with van der Waals surface area (Å²) in [6.07, 6.45) is 2.90. The molecule has 2 bridgehead atoms. The second kappa shape index (κ2) is 8.45. The number of aliphatic hydroxyl groups is 1. The molecule has 2 saturated heterocycles. The lowest BCUT2D eigenvalue weighted by molar-refractivity contribution is -0.0897. The first-order chi connectivity index (χ1) is 14.5. The molecule has 2 aromatic carbocycles. The van der Waals surface area contributed by atoms with Gasteiger partial charge in [-0.25, -0.2) is 9.18 Å². The summed E-state index contributed by atoms with van der Waals surface area (Å²) in [6.45, 7) is 0.214. The van der Waals surface area contributed by atoms with Crippen LogP contribution in [0.15, 0.2) is 48.5 Å². The molecule has 0 spiro atoms. The number of amides is 1. The second-order valence-electron chi connectivity index (χ2n) is 8.27. The number of ether oxygens (including phenoxy) is 1. The van der Waals surface area contributed by atoms with Crippen LogP contribution in [-0.4, -0.2) is 28.2 Å². The summed E-state index contributed by atoms with van der Waals surface area (Å²) < 4.78 is 19.9. The Balaban J connectivity index is 1.49. The molecule has 156 valence electrons. The number of piperidine rings is 2. The van der Waals surface area contributed by atoms with Gasteiger partial charge in [-0.3, -0.25) is 0 Å². The van der Waals surface area contributed by atoms with Crippen molar-refractivity contribution in [3.8, 4) is 6.07 Å². The van der Waals surface area contributed by atoms with Crippen molar-refractivity contribution in [3.63, 3.8) is 0 Å². The number of carbonyl (C=O) groups excluding carboxylic acids is 1. The van der Waals surface area contributed by atoms with E-state index in [0.717, 1.165) is 24.8 Å². The smallest absolute Gasteiger partial charge is 0.410 e. The molecule has 2 aromatic rings. The van der Waals surface area contributed by atoms with Crippen LogP contribution in [-0.2, 0) is 23.4 Å². The lowest BCUT2D eigenvalue weighted by Crippen LogP contribution is -2.58. The summed E-state index contributed by atoms with van der Waals surface area (Å²) in [7, 11) is 0. The summed E-state index contributed by atoms with van der Waals surface area (Å²) >= 11 is 0. The average molecular weight is 408 g/mol. The standard InChI is InChI=1S/C24H25FN2O3/c25-22-13-19(10-9-18(22)11-12-26)24(29)14-20-7-4-8-21(15-24)27(20)23(28)30-16-17-5-2-1-3-6-17/h1-3,5-6,9-10,13,20-21,29H,4,7-8,11,14-16H2. The fourth-order valence-corrected chi connectivity index (χ4v) is 4.82. The van der Waals surface area contributed by atoms with Crippen LogP contribution >= 0.6 is 0 Å². The fraction of sp³-hybridized carbons (Fsp3) is 0.417. The highest BCUT2D eigenvalue weighted by Crippen LogP contribution is 2.44. The maximum atomic E-state index is 14.4. The molecule has 2 atom stereocenters. The molecule has 0 aliphatic carbocycles. The number of halogens is 1. The molecule has 30 heavy (non-hydrogen) atoms. The van der Waals surface area contributed by atoms with E-state index in [4.69, 9.17) is 10.00 Å². The SMILES string of the molecule is N#CCc1ccc(C2(O)CC3CCCC(C2)N3C(=O)OCc2ccccc2)cc1F. The summed E-state index contributed by atoms with van der Waals surface area (Å²) in [6, 6.07) is 15.8. The number of carbonyl (C=O) groups is 1. The molecule has 1 amide bonds. The van der Waals surface area contributed by atoms with Gasteiger partial charge < -0.3 is 14.7 Å². The van der Waals surface area contributed by atoms with Crippen molar-refractivity contribution in [1.29, 1.82) is 5.26 Å². The Bertz CT molecular complexity index is 943. The maximum absolute atomic E-state index is 14.4. The molecule has 2 heterocycles. The number of fused-ring (bicyclic) bond motifs is 2. The molecule has 2 fully saturated rings. The van der Waals surface area contributed by atoms with Crippen LogP contribution in [0.5, 0.6) is 0 Å². The highest BCUT2D eigenvalue weighted by atomic mass is 19.1. The van der Waals surface area contributed by atoms with Gasteiger partial charge >= 0.3 is 6.09 Å². The van der Waals surface area contributed by atoms with E-state index in [0.29, 0.717) is 24.0 Å². The average Bonchev–Trinajstić information content (AvgIpc) is 2.73. The van der Waals surface area contributed by atoms with Crippen LogP contribution in [0.1, 0.15) is 48.8 Å². The summed E-state index contributed by atoms with van der Waals surface area (Å²) in [4.78, 5) is 14.6. The van der Waals surface area contributed by atoms with Crippen molar-refractivity contribution >= 4 is 6.09 Å². The van der Waals surface area contributed by atoms with E-state index in [2.05, 4.69) is 0 Å². The predicted molar refractivity (Wildman–Crippen MR) is 109 cm³/mol. The minimum absolute atomic E-state index is 0.00315. The van der Waals surface area contributed by atoms with Crippen molar-refractivity contribution in [1.82, 2.24) is 4.90 Å². The largest absolute Gasteiger partial charge is 0.445 e. The lowest BCUT2D eigenvalue weighted by atomic mass is 9.72. The molecular formula is C24H25FN2O3. The van der Waals surface area contributed by atoms with Crippen LogP contribution < -0.4 is 0 Å². The van der Waals surface area contributed by atoms with Gasteiger partial charge in [-0.2, -0.15) is 5.26 Å². The highest BCUT2D eigenvalue weighted by Gasteiger charge is 2.48. The molecule has 4 rings (SSSR count). The predicted octanol–water partition coefficient (Wildman–Crippen LogP) is 4.43. The zero-order valence-corrected chi connectivity index (χ0v) is 16.8. The Morgan fingerprint density at radius 3 is 2.53 bits per heavy atom. The molecule has 2 unspecified atom stereocenters. The normalized spacial score (nSPS) is 25.4. The maximum Gasteiger partial charge on any atom is 0.410 e. The molecule has 0 saturated carbocycles. The molecule has 0 radical (unpaired) electrons. The highest BCUT2D eigenvalue weighted by molar-refractivity contribution is 5.69. The molecule has 2 aliphatic heterocycles. The minimum atomic E-state index is -1.20. The molecule has 6 heteroatoms. The van der Waals surface area contributed by atoms with Gasteiger partial charge in [-0.05, 0) is 36.5 Å². The second-order valence-corrected chi connectivity index (χ2v) is 8.27. The first-order valence-electron chi connectivity index (χ1n) is 10.4. The molecule has 5 nitrogen and oxygen atoms in total. The molecular weight excluding hydrogens is 383 g/mol. The third-order valence-corrected chi connectivity index (χ3v) is 6.28. The monoisotopic (exact) mass is 408 g/mol. The summed E-state index contributed by atoms with van der Waals surface area (Å²) in [5, 5.41) is 20.2. The van der Waals surface area contributed by atoms with Crippen LogP contribution in [0.25, 0.3) is 0 Å². The van der Waals surface area contributed by atoms with Crippen LogP contribution in [0.2, 0.25) is 0 Å². The zero-order chi connectivity index (χ0) is 21.1. The fourth-order valence-electron chi connectivity index (χ4n) is 4.82. The number of rotatable bonds is 4. The number of nitrogens with zero attached hydrogens (tertiary/aromatic N) is 2. The summed E-state index contributed by atoms with van der Waals surface area (Å²) in [5.74, 6) is -0.475. The van der Waals surface area contributed by atoms with Gasteiger partial charge in [-0.15, -0.1) is 0 Å². The number of hydrogen-bond acceptors (Lipinski definition) is 4. The van der Waals surface area contributed by atoms with Gasteiger partial charge in [0.1, 0.15) is 12.4 Å². The van der Waals surface area contributed by atoms with Crippen molar-refractivity contribution < 1.29 is 19.0 Å². The minimum Gasteiger partial charge on any atom is -0.445 e. The number of hydrogen-bond donors (Lipinski definition) is 1. The van der Waals surface area contributed by atoms with Crippen molar-refractivity contribution in [2.24, 2.45) is 0 Å². The van der Waals surface area contributed by atoms with Gasteiger partial charge in [0.2, 0.25) is 0 Å². The number of nitriles is 1. The Morgan fingerprint density at radius 1 is 1.20 bits per heavy atom. The van der Waals surface area contributed by atoms with Crippen molar-refractivity contribution in [2.75, 3.05) is 0 Å². The zero-order valence-electron chi connectivity index (χ0n) is 16.8. The van der Waals surface area contributed by atoms with E-state index in [-0.39, 0.29) is 31.2 Å². The summed E-state index contributed by atoms with van der Waals surface area (Å²) in [5.41, 5.74) is 0.568. The van der Waals surface area contributed by atoms with Crippen molar-refractivity contribution in [3.05, 3.63) is 71.0 Å². The quantitative estimate of drug-likeness (QED) is 0.812. The third kappa shape index (κ3) is 4.03.